The molecule has 0 saturated carbocycles. The quantitative estimate of drug-likeness (QED) is 0.618. The number of amides is 1. The Morgan fingerprint density at radius 1 is 1.27 bits per heavy atom. The van der Waals surface area contributed by atoms with E-state index in [0.717, 1.165) is 49.4 Å². The first-order chi connectivity index (χ1) is 12.3. The molecule has 146 valence electrons. The lowest BCUT2D eigenvalue weighted by Crippen LogP contribution is -2.43. The molecule has 1 atom stereocenters. The number of carbonyl (C=O) groups excluding carboxylic acids is 1. The van der Waals surface area contributed by atoms with Crippen molar-refractivity contribution in [2.45, 2.75) is 33.2 Å². The van der Waals surface area contributed by atoms with Crippen LogP contribution in [0.15, 0.2) is 48.2 Å². The highest BCUT2D eigenvalue weighted by Gasteiger charge is 2.20. The zero-order valence-electron chi connectivity index (χ0n) is 17.1. The number of rotatable bonds is 8. The number of ether oxygens (including phenoxy) is 1. The zero-order valence-corrected chi connectivity index (χ0v) is 17.1. The SMILES string of the molecule is C=C(/C=C\CC)COC(=O)N(C)[C@@H](C)/C(C)=C/C(=C)N1CCN(C)CC1. The monoisotopic (exact) mass is 361 g/mol. The third kappa shape index (κ3) is 7.08. The number of nitrogens with zero attached hydrogens (tertiary/aromatic N) is 3. The van der Waals surface area contributed by atoms with Crippen LogP contribution < -0.4 is 0 Å². The molecule has 0 N–H and O–H groups in total. The van der Waals surface area contributed by atoms with Crippen LogP contribution in [0.5, 0.6) is 0 Å². The lowest BCUT2D eigenvalue weighted by Gasteiger charge is -2.35. The molecule has 1 amide bonds. The van der Waals surface area contributed by atoms with Crippen LogP contribution in [0.3, 0.4) is 0 Å². The molecule has 1 saturated heterocycles. The summed E-state index contributed by atoms with van der Waals surface area (Å²) in [5.74, 6) is 0. The molecule has 5 nitrogen and oxygen atoms in total. The lowest BCUT2D eigenvalue weighted by molar-refractivity contribution is 0.112. The third-order valence-electron chi connectivity index (χ3n) is 4.80. The molecule has 26 heavy (non-hydrogen) atoms. The fraction of sp³-hybridized carbons (Fsp3) is 0.571. The number of hydrogen-bond donors (Lipinski definition) is 0. The Morgan fingerprint density at radius 3 is 2.46 bits per heavy atom. The van der Waals surface area contributed by atoms with E-state index >= 15 is 0 Å². The number of allylic oxidation sites excluding steroid dienone is 2. The topological polar surface area (TPSA) is 36.0 Å². The molecule has 1 aliphatic heterocycles. The van der Waals surface area contributed by atoms with Crippen molar-refractivity contribution < 1.29 is 9.53 Å². The first-order valence-corrected chi connectivity index (χ1v) is 9.30. The van der Waals surface area contributed by atoms with Crippen LogP contribution in [0.1, 0.15) is 27.2 Å². The van der Waals surface area contributed by atoms with Crippen LogP contribution in [-0.4, -0.2) is 73.7 Å². The summed E-state index contributed by atoms with van der Waals surface area (Å²) in [5.41, 5.74) is 2.87. The third-order valence-corrected chi connectivity index (χ3v) is 4.80. The molecule has 1 aliphatic rings. The Bertz CT molecular complexity index is 558. The maximum Gasteiger partial charge on any atom is 0.410 e. The molecule has 0 aromatic heterocycles. The van der Waals surface area contributed by atoms with Crippen LogP contribution in [0.4, 0.5) is 4.79 Å². The number of piperazine rings is 1. The fourth-order valence-electron chi connectivity index (χ4n) is 2.62. The van der Waals surface area contributed by atoms with E-state index in [1.165, 1.54) is 0 Å². The fourth-order valence-corrected chi connectivity index (χ4v) is 2.62. The summed E-state index contributed by atoms with van der Waals surface area (Å²) in [6.07, 6.45) is 6.55. The van der Waals surface area contributed by atoms with Gasteiger partial charge in [0.1, 0.15) is 6.61 Å². The minimum absolute atomic E-state index is 0.0637. The zero-order chi connectivity index (χ0) is 19.7. The molecule has 1 heterocycles. The van der Waals surface area contributed by atoms with Crippen LogP contribution >= 0.6 is 0 Å². The molecule has 0 aromatic rings. The van der Waals surface area contributed by atoms with Gasteiger partial charge < -0.3 is 19.4 Å². The van der Waals surface area contributed by atoms with Gasteiger partial charge in [0.2, 0.25) is 0 Å². The Labute approximate surface area is 159 Å². The molecule has 0 radical (unpaired) electrons. The van der Waals surface area contributed by atoms with Crippen molar-refractivity contribution in [3.8, 4) is 0 Å². The smallest absolute Gasteiger partial charge is 0.410 e. The summed E-state index contributed by atoms with van der Waals surface area (Å²) >= 11 is 0. The molecular formula is C21H35N3O2. The molecule has 0 aliphatic carbocycles. The van der Waals surface area contributed by atoms with Gasteiger partial charge in [0, 0.05) is 38.9 Å². The maximum atomic E-state index is 12.3. The van der Waals surface area contributed by atoms with Crippen LogP contribution in [0, 0.1) is 0 Å². The van der Waals surface area contributed by atoms with Crippen LogP contribution in [0.2, 0.25) is 0 Å². The molecule has 1 rings (SSSR count). The molecule has 0 spiro atoms. The van der Waals surface area contributed by atoms with Crippen molar-refractivity contribution in [1.82, 2.24) is 14.7 Å². The van der Waals surface area contributed by atoms with Crippen molar-refractivity contribution in [2.24, 2.45) is 0 Å². The van der Waals surface area contributed by atoms with Crippen molar-refractivity contribution in [2.75, 3.05) is 46.9 Å². The molecule has 0 bridgehead atoms. The minimum atomic E-state index is -0.346. The van der Waals surface area contributed by atoms with E-state index in [9.17, 15) is 4.79 Å². The minimum Gasteiger partial charge on any atom is -0.445 e. The van der Waals surface area contributed by atoms with Crippen molar-refractivity contribution in [3.05, 3.63) is 48.2 Å². The molecule has 1 fully saturated rings. The van der Waals surface area contributed by atoms with Gasteiger partial charge in [0.15, 0.2) is 0 Å². The van der Waals surface area contributed by atoms with Gasteiger partial charge in [-0.05, 0) is 44.5 Å². The summed E-state index contributed by atoms with van der Waals surface area (Å²) in [6.45, 7) is 18.4. The number of carbonyl (C=O) groups is 1. The van der Waals surface area contributed by atoms with Crippen molar-refractivity contribution in [3.63, 3.8) is 0 Å². The average molecular weight is 362 g/mol. The molecular weight excluding hydrogens is 326 g/mol. The second-order valence-electron chi connectivity index (χ2n) is 6.98. The predicted molar refractivity (Wildman–Crippen MR) is 109 cm³/mol. The maximum absolute atomic E-state index is 12.3. The molecule has 0 unspecified atom stereocenters. The Kier molecular flexibility index (Phi) is 9.21. The van der Waals surface area contributed by atoms with Gasteiger partial charge in [-0.15, -0.1) is 0 Å². The van der Waals surface area contributed by atoms with Gasteiger partial charge in [0.05, 0.1) is 6.04 Å². The lowest BCUT2D eigenvalue weighted by atomic mass is 10.1. The second-order valence-corrected chi connectivity index (χ2v) is 6.98. The van der Waals surface area contributed by atoms with Crippen LogP contribution in [0.25, 0.3) is 0 Å². The Morgan fingerprint density at radius 2 is 1.88 bits per heavy atom. The highest BCUT2D eigenvalue weighted by atomic mass is 16.6. The summed E-state index contributed by atoms with van der Waals surface area (Å²) in [4.78, 5) is 18.5. The summed E-state index contributed by atoms with van der Waals surface area (Å²) < 4.78 is 5.34. The van der Waals surface area contributed by atoms with Crippen molar-refractivity contribution >= 4 is 6.09 Å². The largest absolute Gasteiger partial charge is 0.445 e. The Balaban J connectivity index is 2.55. The van der Waals surface area contributed by atoms with Gasteiger partial charge in [-0.2, -0.15) is 0 Å². The standard InChI is InChI=1S/C21H35N3O2/c1-8-9-10-17(2)16-26-21(25)23(7)20(5)18(3)15-19(4)24-13-11-22(6)12-14-24/h9-10,15,20H,2,4,8,11-14,16H2,1,3,5-7H3/b10-9-,18-15+/t20-/m0/s1. The van der Waals surface area contributed by atoms with Gasteiger partial charge in [-0.1, -0.05) is 32.2 Å². The van der Waals surface area contributed by atoms with Crippen LogP contribution in [-0.2, 0) is 4.74 Å². The van der Waals surface area contributed by atoms with E-state index in [4.69, 9.17) is 4.74 Å². The highest BCUT2D eigenvalue weighted by Crippen LogP contribution is 2.15. The normalized spacial score (nSPS) is 17.3. The van der Waals surface area contributed by atoms with E-state index in [1.807, 2.05) is 26.0 Å². The van der Waals surface area contributed by atoms with Crippen molar-refractivity contribution in [1.29, 1.82) is 0 Å². The van der Waals surface area contributed by atoms with E-state index in [2.05, 4.69) is 43.0 Å². The van der Waals surface area contributed by atoms with E-state index in [1.54, 1.807) is 11.9 Å². The molecule has 0 aromatic carbocycles. The summed E-state index contributed by atoms with van der Waals surface area (Å²) in [5, 5.41) is 0. The van der Waals surface area contributed by atoms with E-state index < -0.39 is 0 Å². The summed E-state index contributed by atoms with van der Waals surface area (Å²) in [7, 11) is 3.89. The van der Waals surface area contributed by atoms with E-state index in [-0.39, 0.29) is 18.7 Å². The molecule has 5 heteroatoms. The first-order valence-electron chi connectivity index (χ1n) is 9.30. The van der Waals surface area contributed by atoms with Gasteiger partial charge >= 0.3 is 6.09 Å². The van der Waals surface area contributed by atoms with E-state index in [0.29, 0.717) is 0 Å². The first kappa shape index (κ1) is 22.0. The van der Waals surface area contributed by atoms with Gasteiger partial charge in [-0.3, -0.25) is 0 Å². The number of hydrogen-bond acceptors (Lipinski definition) is 4. The second kappa shape index (κ2) is 10.9. The Hall–Kier alpha value is -2.01. The highest BCUT2D eigenvalue weighted by molar-refractivity contribution is 5.68. The van der Waals surface area contributed by atoms with Gasteiger partial charge in [0.25, 0.3) is 0 Å². The van der Waals surface area contributed by atoms with Gasteiger partial charge in [-0.25, -0.2) is 4.79 Å². The average Bonchev–Trinajstić information content (AvgIpc) is 2.63. The number of likely N-dealkylation sites (N-methyl/N-ethyl adjacent to an activating group) is 2. The predicted octanol–water partition coefficient (Wildman–Crippen LogP) is 3.67. The summed E-state index contributed by atoms with van der Waals surface area (Å²) in [6, 6.07) is -0.0637.